The number of hydrogen-bond acceptors (Lipinski definition) is 10. The number of carbonyl (C=O) groups excluding carboxylic acids is 1. The van der Waals surface area contributed by atoms with E-state index in [4.69, 9.17) is 14.2 Å². The number of anilines is 3. The van der Waals surface area contributed by atoms with Crippen molar-refractivity contribution in [1.29, 1.82) is 0 Å². The zero-order valence-corrected chi connectivity index (χ0v) is 16.4. The number of hydrogen-bond donors (Lipinski definition) is 1. The molecular weight excluding hydrogens is 394 g/mol. The Morgan fingerprint density at radius 1 is 1.23 bits per heavy atom. The molecule has 0 bridgehead atoms. The smallest absolute Gasteiger partial charge is 0.353 e. The Morgan fingerprint density at radius 3 is 2.67 bits per heavy atom. The van der Waals surface area contributed by atoms with Gasteiger partial charge in [0.2, 0.25) is 11.6 Å². The molecule has 1 fully saturated rings. The second kappa shape index (κ2) is 8.39. The van der Waals surface area contributed by atoms with Crippen LogP contribution in [0.5, 0.6) is 11.5 Å². The van der Waals surface area contributed by atoms with E-state index in [0.29, 0.717) is 56.3 Å². The van der Waals surface area contributed by atoms with Crippen molar-refractivity contribution in [2.45, 2.75) is 12.8 Å². The summed E-state index contributed by atoms with van der Waals surface area (Å²) in [6.07, 6.45) is 2.37. The fourth-order valence-electron chi connectivity index (χ4n) is 3.61. The molecule has 1 N–H and O–H groups in total. The first-order valence-corrected chi connectivity index (χ1v) is 9.55. The molecule has 3 heterocycles. The number of nitro groups is 1. The van der Waals surface area contributed by atoms with Crippen molar-refractivity contribution < 1.29 is 23.9 Å². The Bertz CT molecular complexity index is 960. The van der Waals surface area contributed by atoms with E-state index in [0.717, 1.165) is 0 Å². The van der Waals surface area contributed by atoms with Crippen LogP contribution in [0.2, 0.25) is 0 Å². The standard InChI is InChI=1S/C19H21N5O6/c1-28-19(25)12-4-6-23(7-5-12)18-16(24(26)27)17(20-11-21-18)22-13-2-3-14-15(10-13)30-9-8-29-14/h2-3,10-12H,4-9H2,1H3,(H,20,21,22). The van der Waals surface area contributed by atoms with Gasteiger partial charge >= 0.3 is 11.7 Å². The highest BCUT2D eigenvalue weighted by Crippen LogP contribution is 2.38. The lowest BCUT2D eigenvalue weighted by Crippen LogP contribution is -2.37. The summed E-state index contributed by atoms with van der Waals surface area (Å²) in [6, 6.07) is 5.19. The summed E-state index contributed by atoms with van der Waals surface area (Å²) in [5.41, 5.74) is 0.361. The van der Waals surface area contributed by atoms with Gasteiger partial charge in [0.25, 0.3) is 0 Å². The SMILES string of the molecule is COC(=O)C1CCN(c2ncnc(Nc3ccc4c(c3)OCCO4)c2[N+](=O)[O-])CC1. The van der Waals surface area contributed by atoms with Crippen molar-refractivity contribution in [3.8, 4) is 11.5 Å². The van der Waals surface area contributed by atoms with Gasteiger partial charge in [-0.2, -0.15) is 0 Å². The van der Waals surface area contributed by atoms with Crippen molar-refractivity contribution in [3.05, 3.63) is 34.6 Å². The summed E-state index contributed by atoms with van der Waals surface area (Å²) >= 11 is 0. The monoisotopic (exact) mass is 415 g/mol. The molecule has 0 saturated carbocycles. The molecule has 0 aliphatic carbocycles. The van der Waals surface area contributed by atoms with Gasteiger partial charge in [-0.15, -0.1) is 0 Å². The van der Waals surface area contributed by atoms with Gasteiger partial charge in [-0.3, -0.25) is 14.9 Å². The van der Waals surface area contributed by atoms with E-state index in [-0.39, 0.29) is 29.2 Å². The number of methoxy groups -OCH3 is 1. The Hall–Kier alpha value is -3.63. The summed E-state index contributed by atoms with van der Waals surface area (Å²) in [6.45, 7) is 1.84. The molecule has 30 heavy (non-hydrogen) atoms. The van der Waals surface area contributed by atoms with E-state index in [1.165, 1.54) is 13.4 Å². The highest BCUT2D eigenvalue weighted by molar-refractivity contribution is 5.76. The Balaban J connectivity index is 1.58. The fourth-order valence-corrected chi connectivity index (χ4v) is 3.61. The molecule has 0 amide bonds. The predicted molar refractivity (Wildman–Crippen MR) is 106 cm³/mol. The Morgan fingerprint density at radius 2 is 1.97 bits per heavy atom. The maximum absolute atomic E-state index is 11.9. The maximum atomic E-state index is 11.9. The summed E-state index contributed by atoms with van der Waals surface area (Å²) in [5.74, 6) is 1.02. The molecule has 2 aromatic rings. The van der Waals surface area contributed by atoms with Crippen LogP contribution in [0.1, 0.15) is 12.8 Å². The summed E-state index contributed by atoms with van der Waals surface area (Å²) in [5, 5.41) is 14.9. The van der Waals surface area contributed by atoms with E-state index in [2.05, 4.69) is 15.3 Å². The lowest BCUT2D eigenvalue weighted by Gasteiger charge is -2.31. The third-order valence-corrected chi connectivity index (χ3v) is 5.12. The summed E-state index contributed by atoms with van der Waals surface area (Å²) in [4.78, 5) is 33.2. The second-order valence-corrected chi connectivity index (χ2v) is 6.92. The number of ether oxygens (including phenoxy) is 3. The van der Waals surface area contributed by atoms with Gasteiger partial charge < -0.3 is 24.4 Å². The molecule has 2 aliphatic heterocycles. The molecule has 158 valence electrons. The van der Waals surface area contributed by atoms with E-state index >= 15 is 0 Å². The minimum atomic E-state index is -0.498. The first-order valence-electron chi connectivity index (χ1n) is 9.55. The number of rotatable bonds is 5. The minimum Gasteiger partial charge on any atom is -0.486 e. The number of nitrogens with zero attached hydrogens (tertiary/aromatic N) is 4. The highest BCUT2D eigenvalue weighted by atomic mass is 16.6. The zero-order valence-electron chi connectivity index (χ0n) is 16.4. The average Bonchev–Trinajstić information content (AvgIpc) is 2.78. The van der Waals surface area contributed by atoms with Crippen LogP contribution in [0.3, 0.4) is 0 Å². The zero-order chi connectivity index (χ0) is 21.1. The first-order chi connectivity index (χ1) is 14.6. The van der Waals surface area contributed by atoms with E-state index in [1.807, 2.05) is 0 Å². The minimum absolute atomic E-state index is 0.0803. The molecule has 4 rings (SSSR count). The Kier molecular flexibility index (Phi) is 5.50. The van der Waals surface area contributed by atoms with Crippen LogP contribution in [0, 0.1) is 16.0 Å². The molecule has 2 aliphatic rings. The number of fused-ring (bicyclic) bond motifs is 1. The lowest BCUT2D eigenvalue weighted by molar-refractivity contribution is -0.383. The largest absolute Gasteiger partial charge is 0.486 e. The third kappa shape index (κ3) is 3.91. The molecule has 1 saturated heterocycles. The molecule has 0 spiro atoms. The third-order valence-electron chi connectivity index (χ3n) is 5.12. The average molecular weight is 415 g/mol. The number of piperidine rings is 1. The summed E-state index contributed by atoms with van der Waals surface area (Å²) < 4.78 is 15.9. The Labute approximate surface area is 172 Å². The van der Waals surface area contributed by atoms with Crippen LogP contribution in [0.15, 0.2) is 24.5 Å². The number of nitrogens with one attached hydrogen (secondary N) is 1. The van der Waals surface area contributed by atoms with Crippen molar-refractivity contribution >= 4 is 29.0 Å². The van der Waals surface area contributed by atoms with Gasteiger partial charge in [-0.1, -0.05) is 0 Å². The number of esters is 1. The molecule has 11 nitrogen and oxygen atoms in total. The molecule has 0 radical (unpaired) electrons. The fraction of sp³-hybridized carbons (Fsp3) is 0.421. The molecular formula is C19H21N5O6. The van der Waals surface area contributed by atoms with E-state index in [1.54, 1.807) is 23.1 Å². The van der Waals surface area contributed by atoms with E-state index < -0.39 is 4.92 Å². The maximum Gasteiger partial charge on any atom is 0.353 e. The number of aromatic nitrogens is 2. The van der Waals surface area contributed by atoms with Crippen LogP contribution >= 0.6 is 0 Å². The van der Waals surface area contributed by atoms with Crippen molar-refractivity contribution in [3.63, 3.8) is 0 Å². The van der Waals surface area contributed by atoms with Gasteiger partial charge in [-0.05, 0) is 25.0 Å². The second-order valence-electron chi connectivity index (χ2n) is 6.92. The van der Waals surface area contributed by atoms with Crippen molar-refractivity contribution in [1.82, 2.24) is 9.97 Å². The first kappa shape index (κ1) is 19.7. The van der Waals surface area contributed by atoms with Crippen LogP contribution in [0.25, 0.3) is 0 Å². The summed E-state index contributed by atoms with van der Waals surface area (Å²) in [7, 11) is 1.36. The van der Waals surface area contributed by atoms with Crippen molar-refractivity contribution in [2.24, 2.45) is 5.92 Å². The van der Waals surface area contributed by atoms with Gasteiger partial charge in [0.05, 0.1) is 18.0 Å². The highest BCUT2D eigenvalue weighted by Gasteiger charge is 2.32. The predicted octanol–water partition coefficient (Wildman–Crippen LogP) is 2.29. The molecule has 0 atom stereocenters. The number of carbonyl (C=O) groups is 1. The topological polar surface area (TPSA) is 129 Å². The molecule has 11 heteroatoms. The van der Waals surface area contributed by atoms with Crippen LogP contribution in [0.4, 0.5) is 23.0 Å². The van der Waals surface area contributed by atoms with Gasteiger partial charge in [-0.25, -0.2) is 9.97 Å². The normalized spacial score (nSPS) is 16.1. The van der Waals surface area contributed by atoms with Crippen LogP contribution in [-0.2, 0) is 9.53 Å². The van der Waals surface area contributed by atoms with Gasteiger partial charge in [0.1, 0.15) is 19.5 Å². The quantitative estimate of drug-likeness (QED) is 0.441. The van der Waals surface area contributed by atoms with Gasteiger partial charge in [0, 0.05) is 24.8 Å². The van der Waals surface area contributed by atoms with Crippen LogP contribution < -0.4 is 19.7 Å². The van der Waals surface area contributed by atoms with Gasteiger partial charge in [0.15, 0.2) is 11.5 Å². The number of benzene rings is 1. The molecule has 0 unspecified atom stereocenters. The lowest BCUT2D eigenvalue weighted by atomic mass is 9.97. The van der Waals surface area contributed by atoms with E-state index in [9.17, 15) is 14.9 Å². The molecule has 1 aromatic carbocycles. The van der Waals surface area contributed by atoms with Crippen molar-refractivity contribution in [2.75, 3.05) is 43.6 Å². The molecule has 1 aromatic heterocycles. The van der Waals surface area contributed by atoms with Crippen LogP contribution in [-0.4, -0.2) is 54.3 Å².